The van der Waals surface area contributed by atoms with Crippen molar-refractivity contribution >= 4 is 23.6 Å². The summed E-state index contributed by atoms with van der Waals surface area (Å²) in [4.78, 5) is 23.0. The maximum absolute atomic E-state index is 12.0. The van der Waals surface area contributed by atoms with Crippen LogP contribution in [-0.2, 0) is 9.53 Å². The third kappa shape index (κ3) is 9.90. The molecule has 0 saturated carbocycles. The molecule has 0 aliphatic heterocycles. The zero-order valence-electron chi connectivity index (χ0n) is 11.5. The van der Waals surface area contributed by atoms with Crippen molar-refractivity contribution < 1.29 is 27.5 Å². The van der Waals surface area contributed by atoms with Crippen molar-refractivity contribution in [3.63, 3.8) is 0 Å². The first-order valence-corrected chi connectivity index (χ1v) is 6.97. The predicted molar refractivity (Wildman–Crippen MR) is 70.6 cm³/mol. The van der Waals surface area contributed by atoms with Gasteiger partial charge in [0.1, 0.15) is 11.6 Å². The van der Waals surface area contributed by atoms with Gasteiger partial charge in [0.2, 0.25) is 0 Å². The number of carbonyl (C=O) groups is 2. The number of rotatable bonds is 6. The van der Waals surface area contributed by atoms with Gasteiger partial charge >= 0.3 is 12.3 Å². The van der Waals surface area contributed by atoms with Crippen molar-refractivity contribution in [3.8, 4) is 0 Å². The summed E-state index contributed by atoms with van der Waals surface area (Å²) in [7, 11) is 0. The van der Waals surface area contributed by atoms with Gasteiger partial charge in [-0.15, -0.1) is 11.8 Å². The Kier molecular flexibility index (Phi) is 7.35. The van der Waals surface area contributed by atoms with Crippen molar-refractivity contribution in [2.24, 2.45) is 5.73 Å². The van der Waals surface area contributed by atoms with Crippen LogP contribution in [0.15, 0.2) is 0 Å². The number of nitrogens with two attached hydrogens (primary N) is 1. The van der Waals surface area contributed by atoms with E-state index < -0.39 is 35.4 Å². The van der Waals surface area contributed by atoms with Crippen molar-refractivity contribution in [2.75, 3.05) is 18.1 Å². The minimum Gasteiger partial charge on any atom is -0.444 e. The molecule has 5 nitrogen and oxygen atoms in total. The third-order valence-electron chi connectivity index (χ3n) is 1.83. The molecule has 0 bridgehead atoms. The number of alkyl carbamates (subject to hydrolysis) is 1. The predicted octanol–water partition coefficient (Wildman–Crippen LogP) is 1.70. The van der Waals surface area contributed by atoms with E-state index in [9.17, 15) is 22.8 Å². The lowest BCUT2D eigenvalue weighted by atomic mass is 10.2. The molecule has 0 unspecified atom stereocenters. The van der Waals surface area contributed by atoms with E-state index in [4.69, 9.17) is 10.5 Å². The van der Waals surface area contributed by atoms with Crippen molar-refractivity contribution in [1.82, 2.24) is 5.32 Å². The average molecular weight is 316 g/mol. The molecule has 0 aromatic rings. The van der Waals surface area contributed by atoms with E-state index in [0.29, 0.717) is 11.8 Å². The maximum Gasteiger partial charge on any atom is 0.408 e. The molecule has 20 heavy (non-hydrogen) atoms. The van der Waals surface area contributed by atoms with E-state index >= 15 is 0 Å². The fraction of sp³-hybridized carbons (Fsp3) is 0.818. The lowest BCUT2D eigenvalue weighted by Crippen LogP contribution is -2.47. The van der Waals surface area contributed by atoms with Gasteiger partial charge in [-0.1, -0.05) is 0 Å². The number of ketones is 1. The van der Waals surface area contributed by atoms with Crippen LogP contribution < -0.4 is 11.1 Å². The average Bonchev–Trinajstić information content (AvgIpc) is 2.22. The number of ether oxygens (including phenoxy) is 1. The van der Waals surface area contributed by atoms with Gasteiger partial charge in [-0.2, -0.15) is 13.2 Å². The second-order valence-electron chi connectivity index (χ2n) is 5.00. The van der Waals surface area contributed by atoms with Crippen LogP contribution in [0.1, 0.15) is 20.8 Å². The van der Waals surface area contributed by atoms with E-state index in [1.807, 2.05) is 0 Å². The van der Waals surface area contributed by atoms with Crippen LogP contribution in [0.3, 0.4) is 0 Å². The molecule has 0 aliphatic rings. The Bertz CT molecular complexity index is 343. The summed E-state index contributed by atoms with van der Waals surface area (Å²) < 4.78 is 41.0. The van der Waals surface area contributed by atoms with Crippen LogP contribution in [0.4, 0.5) is 18.0 Å². The number of hydrogen-bond donors (Lipinski definition) is 2. The number of thioether (sulfide) groups is 1. The van der Waals surface area contributed by atoms with Gasteiger partial charge in [-0.25, -0.2) is 4.79 Å². The van der Waals surface area contributed by atoms with Gasteiger partial charge < -0.3 is 15.8 Å². The number of Topliss-reactive ketones (excluding diaryl/α,β-unsaturated/α-hetero) is 1. The number of alkyl halides is 3. The smallest absolute Gasteiger partial charge is 0.408 e. The van der Waals surface area contributed by atoms with Crippen LogP contribution in [0.25, 0.3) is 0 Å². The minimum atomic E-state index is -4.33. The van der Waals surface area contributed by atoms with Gasteiger partial charge in [-0.3, -0.25) is 4.79 Å². The number of carbonyl (C=O) groups excluding carboxylic acids is 2. The Morgan fingerprint density at radius 3 is 2.25 bits per heavy atom. The lowest BCUT2D eigenvalue weighted by Gasteiger charge is -2.22. The summed E-state index contributed by atoms with van der Waals surface area (Å²) in [5, 5.41) is 2.23. The largest absolute Gasteiger partial charge is 0.444 e. The molecule has 0 rings (SSSR count). The molecular weight excluding hydrogens is 297 g/mol. The Balaban J connectivity index is 4.43. The molecule has 0 radical (unpaired) electrons. The van der Waals surface area contributed by atoms with Gasteiger partial charge in [0.25, 0.3) is 0 Å². The van der Waals surface area contributed by atoms with E-state index in [1.54, 1.807) is 20.8 Å². The first-order chi connectivity index (χ1) is 8.94. The Morgan fingerprint density at radius 1 is 1.30 bits per heavy atom. The zero-order chi connectivity index (χ0) is 16.0. The van der Waals surface area contributed by atoms with Crippen molar-refractivity contribution in [1.29, 1.82) is 0 Å². The van der Waals surface area contributed by atoms with Crippen LogP contribution in [-0.4, -0.2) is 47.7 Å². The summed E-state index contributed by atoms with van der Waals surface area (Å²) in [5.41, 5.74) is 4.40. The highest BCUT2D eigenvalue weighted by molar-refractivity contribution is 7.99. The molecule has 3 N–H and O–H groups in total. The molecule has 0 fully saturated rings. The Morgan fingerprint density at radius 2 is 1.85 bits per heavy atom. The molecule has 1 amide bonds. The molecular formula is C11H19F3N2O3S. The highest BCUT2D eigenvalue weighted by Gasteiger charge is 2.29. The first-order valence-electron chi connectivity index (χ1n) is 5.81. The first kappa shape index (κ1) is 19.0. The monoisotopic (exact) mass is 316 g/mol. The molecule has 9 heteroatoms. The quantitative estimate of drug-likeness (QED) is 0.779. The van der Waals surface area contributed by atoms with E-state index in [1.165, 1.54) is 0 Å². The second-order valence-corrected chi connectivity index (χ2v) is 6.03. The fourth-order valence-electron chi connectivity index (χ4n) is 1.10. The molecule has 118 valence electrons. The number of amides is 1. The highest BCUT2D eigenvalue weighted by atomic mass is 32.2. The minimum absolute atomic E-state index is 0.214. The molecule has 0 heterocycles. The number of nitrogens with one attached hydrogen (secondary N) is 1. The zero-order valence-corrected chi connectivity index (χ0v) is 12.4. The van der Waals surface area contributed by atoms with Gasteiger partial charge in [-0.05, 0) is 20.8 Å². The van der Waals surface area contributed by atoms with Crippen LogP contribution in [0.5, 0.6) is 0 Å². The number of halogens is 3. The summed E-state index contributed by atoms with van der Waals surface area (Å²) in [6.07, 6.45) is -5.19. The van der Waals surface area contributed by atoms with Crippen molar-refractivity contribution in [2.45, 2.75) is 38.6 Å². The molecule has 0 aromatic carbocycles. The standard InChI is InChI=1S/C11H19F3N2O3S/c1-10(2,3)19-9(18)16-7(8(17)4-15)5-20-6-11(12,13)14/h7H,4-6,15H2,1-3H3,(H,16,18)/t7-/m0/s1. The summed E-state index contributed by atoms with van der Waals surface area (Å²) in [6.45, 7) is 4.52. The molecule has 0 saturated heterocycles. The van der Waals surface area contributed by atoms with Crippen molar-refractivity contribution in [3.05, 3.63) is 0 Å². The summed E-state index contributed by atoms with van der Waals surface area (Å²) in [6, 6.07) is -1.10. The molecule has 0 aromatic heterocycles. The third-order valence-corrected chi connectivity index (χ3v) is 2.93. The Hall–Kier alpha value is -0.960. The lowest BCUT2D eigenvalue weighted by molar-refractivity contribution is -0.119. The normalized spacial score (nSPS) is 13.8. The van der Waals surface area contributed by atoms with Crippen LogP contribution in [0.2, 0.25) is 0 Å². The molecule has 0 aliphatic carbocycles. The van der Waals surface area contributed by atoms with E-state index in [2.05, 4.69) is 5.32 Å². The summed E-state index contributed by atoms with van der Waals surface area (Å²) in [5.74, 6) is -1.86. The van der Waals surface area contributed by atoms with E-state index in [0.717, 1.165) is 0 Å². The summed E-state index contributed by atoms with van der Waals surface area (Å²) >= 11 is 0.500. The molecule has 1 atom stereocenters. The fourth-order valence-corrected chi connectivity index (χ4v) is 1.95. The Labute approximate surface area is 119 Å². The van der Waals surface area contributed by atoms with E-state index in [-0.39, 0.29) is 12.3 Å². The van der Waals surface area contributed by atoms with Gasteiger partial charge in [0, 0.05) is 5.75 Å². The van der Waals surface area contributed by atoms with Gasteiger partial charge in [0.15, 0.2) is 5.78 Å². The van der Waals surface area contributed by atoms with Crippen LogP contribution in [0, 0.1) is 0 Å². The SMILES string of the molecule is CC(C)(C)OC(=O)N[C@@H](CSCC(F)(F)F)C(=O)CN. The topological polar surface area (TPSA) is 81.4 Å². The number of hydrogen-bond acceptors (Lipinski definition) is 5. The molecule has 0 spiro atoms. The maximum atomic E-state index is 12.0. The second kappa shape index (κ2) is 7.72. The van der Waals surface area contributed by atoms with Gasteiger partial charge in [0.05, 0.1) is 12.3 Å². The highest BCUT2D eigenvalue weighted by Crippen LogP contribution is 2.21. The van der Waals surface area contributed by atoms with Crippen LogP contribution >= 0.6 is 11.8 Å².